The van der Waals surface area contributed by atoms with Crippen LogP contribution < -0.4 is 5.32 Å². The van der Waals surface area contributed by atoms with Crippen LogP contribution in [0.3, 0.4) is 0 Å². The van der Waals surface area contributed by atoms with Crippen molar-refractivity contribution in [3.8, 4) is 0 Å². The van der Waals surface area contributed by atoms with E-state index in [-0.39, 0.29) is 17.0 Å². The van der Waals surface area contributed by atoms with Crippen LogP contribution in [0.4, 0.5) is 4.39 Å². The first-order chi connectivity index (χ1) is 9.09. The number of nitrogens with zero attached hydrogens (tertiary/aromatic N) is 1. The van der Waals surface area contributed by atoms with Crippen molar-refractivity contribution in [3.63, 3.8) is 0 Å². The minimum atomic E-state index is -3.59. The number of hydrogen-bond acceptors (Lipinski definition) is 3. The number of rotatable bonds is 2. The number of fused-ring (bicyclic) bond motifs is 2. The summed E-state index contributed by atoms with van der Waals surface area (Å²) in [7, 11) is -3.59. The third-order valence-corrected chi connectivity index (χ3v) is 5.96. The van der Waals surface area contributed by atoms with Crippen molar-refractivity contribution >= 4 is 10.0 Å². The Bertz CT molecular complexity index is 562. The van der Waals surface area contributed by atoms with E-state index in [2.05, 4.69) is 5.32 Å². The molecule has 19 heavy (non-hydrogen) atoms. The van der Waals surface area contributed by atoms with Gasteiger partial charge in [0.05, 0.1) is 4.90 Å². The summed E-state index contributed by atoms with van der Waals surface area (Å²) >= 11 is 0. The third-order valence-electron chi connectivity index (χ3n) is 3.96. The second-order valence-electron chi connectivity index (χ2n) is 5.17. The van der Waals surface area contributed by atoms with Gasteiger partial charge in [-0.05, 0) is 44.0 Å². The normalized spacial score (nSPS) is 28.3. The highest BCUT2D eigenvalue weighted by molar-refractivity contribution is 7.89. The van der Waals surface area contributed by atoms with Gasteiger partial charge in [-0.3, -0.25) is 0 Å². The molecule has 2 bridgehead atoms. The number of benzene rings is 1. The van der Waals surface area contributed by atoms with Gasteiger partial charge >= 0.3 is 0 Å². The number of sulfonamides is 1. The minimum Gasteiger partial charge on any atom is -0.315 e. The molecular formula is C13H17FN2O2S. The summed E-state index contributed by atoms with van der Waals surface area (Å²) in [5, 5.41) is 3.26. The summed E-state index contributed by atoms with van der Waals surface area (Å²) < 4.78 is 40.2. The van der Waals surface area contributed by atoms with Gasteiger partial charge in [-0.2, -0.15) is 4.31 Å². The maximum atomic E-state index is 13.3. The van der Waals surface area contributed by atoms with Gasteiger partial charge in [0, 0.05) is 18.6 Å². The highest BCUT2D eigenvalue weighted by Gasteiger charge is 2.42. The van der Waals surface area contributed by atoms with Crippen molar-refractivity contribution in [1.82, 2.24) is 9.62 Å². The van der Waals surface area contributed by atoms with E-state index in [1.165, 1.54) is 18.2 Å². The minimum absolute atomic E-state index is 0.000711. The first kappa shape index (κ1) is 13.0. The molecular weight excluding hydrogens is 267 g/mol. The molecule has 2 unspecified atom stereocenters. The van der Waals surface area contributed by atoms with Gasteiger partial charge in [-0.15, -0.1) is 0 Å². The SMILES string of the molecule is O=S(=O)(c1cccc(F)c1)N1C2CCNCC1CC2. The van der Waals surface area contributed by atoms with Crippen LogP contribution in [0.2, 0.25) is 0 Å². The molecule has 2 aliphatic heterocycles. The summed E-state index contributed by atoms with van der Waals surface area (Å²) in [5.41, 5.74) is 0. The highest BCUT2D eigenvalue weighted by Crippen LogP contribution is 2.33. The van der Waals surface area contributed by atoms with Crippen molar-refractivity contribution in [2.75, 3.05) is 13.1 Å². The Kier molecular flexibility index (Phi) is 3.32. The van der Waals surface area contributed by atoms with E-state index in [1.807, 2.05) is 0 Å². The number of halogens is 1. The van der Waals surface area contributed by atoms with Crippen LogP contribution in [-0.2, 0) is 10.0 Å². The predicted octanol–water partition coefficient (Wildman–Crippen LogP) is 1.34. The molecule has 1 N–H and O–H groups in total. The Morgan fingerprint density at radius 1 is 1.21 bits per heavy atom. The van der Waals surface area contributed by atoms with E-state index in [9.17, 15) is 12.8 Å². The van der Waals surface area contributed by atoms with Crippen LogP contribution in [0, 0.1) is 5.82 Å². The lowest BCUT2D eigenvalue weighted by Gasteiger charge is -2.26. The Morgan fingerprint density at radius 2 is 2.00 bits per heavy atom. The van der Waals surface area contributed by atoms with Gasteiger partial charge in [0.2, 0.25) is 10.0 Å². The first-order valence-electron chi connectivity index (χ1n) is 6.59. The van der Waals surface area contributed by atoms with E-state index in [0.717, 1.165) is 31.9 Å². The molecule has 2 aliphatic rings. The molecule has 0 spiro atoms. The molecule has 0 aromatic heterocycles. The fourth-order valence-corrected chi connectivity index (χ4v) is 5.01. The summed E-state index contributed by atoms with van der Waals surface area (Å²) in [5.74, 6) is -0.513. The second-order valence-corrected chi connectivity index (χ2v) is 7.01. The average Bonchev–Trinajstić information content (AvgIpc) is 2.63. The lowest BCUT2D eigenvalue weighted by Crippen LogP contribution is -2.42. The zero-order chi connectivity index (χ0) is 13.5. The van der Waals surface area contributed by atoms with Gasteiger partial charge in [-0.25, -0.2) is 12.8 Å². The molecule has 0 amide bonds. The molecule has 1 aromatic carbocycles. The molecule has 104 valence electrons. The summed E-state index contributed by atoms with van der Waals surface area (Å²) in [4.78, 5) is 0.0614. The second kappa shape index (κ2) is 4.85. The standard InChI is InChI=1S/C13H17FN2O2S/c14-10-2-1-3-13(8-10)19(17,18)16-11-4-5-12(16)9-15-7-6-11/h1-3,8,11-12,15H,4-7,9H2. The average molecular weight is 284 g/mol. The fourth-order valence-electron chi connectivity index (χ4n) is 3.08. The van der Waals surface area contributed by atoms with Crippen LogP contribution >= 0.6 is 0 Å². The van der Waals surface area contributed by atoms with Crippen molar-refractivity contribution < 1.29 is 12.8 Å². The van der Waals surface area contributed by atoms with Gasteiger partial charge in [0.15, 0.2) is 0 Å². The lowest BCUT2D eigenvalue weighted by molar-refractivity contribution is 0.334. The third kappa shape index (κ3) is 2.28. The van der Waals surface area contributed by atoms with Crippen molar-refractivity contribution in [1.29, 1.82) is 0 Å². The van der Waals surface area contributed by atoms with Crippen LogP contribution in [0.1, 0.15) is 19.3 Å². The smallest absolute Gasteiger partial charge is 0.243 e. The molecule has 0 aliphatic carbocycles. The molecule has 0 saturated carbocycles. The molecule has 2 atom stereocenters. The molecule has 6 heteroatoms. The van der Waals surface area contributed by atoms with Crippen molar-refractivity contribution in [2.45, 2.75) is 36.2 Å². The maximum Gasteiger partial charge on any atom is 0.243 e. The Balaban J connectivity index is 2.00. The molecule has 1 aromatic rings. The fraction of sp³-hybridized carbons (Fsp3) is 0.538. The molecule has 2 fully saturated rings. The van der Waals surface area contributed by atoms with Crippen LogP contribution in [-0.4, -0.2) is 37.9 Å². The molecule has 0 radical (unpaired) electrons. The van der Waals surface area contributed by atoms with Crippen LogP contribution in [0.5, 0.6) is 0 Å². The molecule has 2 saturated heterocycles. The van der Waals surface area contributed by atoms with Gasteiger partial charge in [-0.1, -0.05) is 6.07 Å². The van der Waals surface area contributed by atoms with E-state index >= 15 is 0 Å². The zero-order valence-electron chi connectivity index (χ0n) is 10.5. The Morgan fingerprint density at radius 3 is 2.79 bits per heavy atom. The van der Waals surface area contributed by atoms with Gasteiger partial charge < -0.3 is 5.32 Å². The lowest BCUT2D eigenvalue weighted by atomic mass is 10.1. The first-order valence-corrected chi connectivity index (χ1v) is 8.03. The monoisotopic (exact) mass is 284 g/mol. The molecule has 2 heterocycles. The van der Waals surface area contributed by atoms with Gasteiger partial charge in [0.1, 0.15) is 5.82 Å². The highest BCUT2D eigenvalue weighted by atomic mass is 32.2. The molecule has 4 nitrogen and oxygen atoms in total. The van der Waals surface area contributed by atoms with Gasteiger partial charge in [0.25, 0.3) is 0 Å². The molecule has 3 rings (SSSR count). The van der Waals surface area contributed by atoms with Crippen molar-refractivity contribution in [2.24, 2.45) is 0 Å². The van der Waals surface area contributed by atoms with E-state index in [4.69, 9.17) is 0 Å². The van der Waals surface area contributed by atoms with Crippen LogP contribution in [0.15, 0.2) is 29.2 Å². The number of nitrogens with one attached hydrogen (secondary N) is 1. The topological polar surface area (TPSA) is 49.4 Å². The largest absolute Gasteiger partial charge is 0.315 e. The van der Waals surface area contributed by atoms with E-state index in [0.29, 0.717) is 6.54 Å². The van der Waals surface area contributed by atoms with E-state index < -0.39 is 15.8 Å². The Labute approximate surface area is 112 Å². The maximum absolute atomic E-state index is 13.3. The van der Waals surface area contributed by atoms with Crippen LogP contribution in [0.25, 0.3) is 0 Å². The summed E-state index contributed by atoms with van der Waals surface area (Å²) in [6.45, 7) is 1.53. The quantitative estimate of drug-likeness (QED) is 0.891. The zero-order valence-corrected chi connectivity index (χ0v) is 11.4. The number of hydrogen-bond donors (Lipinski definition) is 1. The summed E-state index contributed by atoms with van der Waals surface area (Å²) in [6, 6.07) is 5.33. The predicted molar refractivity (Wildman–Crippen MR) is 69.7 cm³/mol. The summed E-state index contributed by atoms with van der Waals surface area (Å²) in [6.07, 6.45) is 2.61. The van der Waals surface area contributed by atoms with Crippen molar-refractivity contribution in [3.05, 3.63) is 30.1 Å². The van der Waals surface area contributed by atoms with E-state index in [1.54, 1.807) is 4.31 Å². The Hall–Kier alpha value is -0.980.